The van der Waals surface area contributed by atoms with E-state index < -0.39 is 43.1 Å². The third-order valence-corrected chi connectivity index (χ3v) is 3.80. The highest BCUT2D eigenvalue weighted by atomic mass is 19.4. The van der Waals surface area contributed by atoms with E-state index in [9.17, 15) is 27.6 Å². The van der Waals surface area contributed by atoms with Crippen LogP contribution in [-0.2, 0) is 9.59 Å². The van der Waals surface area contributed by atoms with Gasteiger partial charge in [-0.15, -0.1) is 0 Å². The molecule has 138 valence electrons. The minimum absolute atomic E-state index is 0.127. The second-order valence-electron chi connectivity index (χ2n) is 6.03. The second kappa shape index (κ2) is 8.20. The van der Waals surface area contributed by atoms with Crippen LogP contribution in [0.25, 0.3) is 0 Å². The fourth-order valence-corrected chi connectivity index (χ4v) is 2.36. The number of carbonyl (C=O) groups excluding carboxylic acids is 2. The Morgan fingerprint density at radius 3 is 2.21 bits per heavy atom. The topological polar surface area (TPSA) is 98.7 Å². The smallest absolute Gasteiger partial charge is 0.394 e. The summed E-state index contributed by atoms with van der Waals surface area (Å²) in [5.41, 5.74) is 0. The first-order valence-corrected chi connectivity index (χ1v) is 7.64. The van der Waals surface area contributed by atoms with E-state index in [1.807, 2.05) is 0 Å². The van der Waals surface area contributed by atoms with Gasteiger partial charge in [0, 0.05) is 32.1 Å². The average Bonchev–Trinajstić information content (AvgIpc) is 2.91. The maximum atomic E-state index is 12.8. The number of amides is 3. The van der Waals surface area contributed by atoms with Crippen LogP contribution in [0.15, 0.2) is 0 Å². The normalized spacial score (nSPS) is 21.0. The second-order valence-corrected chi connectivity index (χ2v) is 6.03. The summed E-state index contributed by atoms with van der Waals surface area (Å²) in [6.07, 6.45) is -4.25. The predicted molar refractivity (Wildman–Crippen MR) is 78.1 cm³/mol. The highest BCUT2D eigenvalue weighted by Gasteiger charge is 2.53. The molecule has 3 amide bonds. The first kappa shape index (κ1) is 20.0. The Labute approximate surface area is 137 Å². The number of aliphatic carboxylic acids is 1. The van der Waals surface area contributed by atoms with Crippen LogP contribution >= 0.6 is 0 Å². The molecule has 1 rings (SSSR count). The molecule has 2 atom stereocenters. The molecule has 7 nitrogen and oxygen atoms in total. The molecule has 0 saturated carbocycles. The molecule has 10 heteroatoms. The van der Waals surface area contributed by atoms with E-state index in [1.165, 1.54) is 0 Å². The van der Waals surface area contributed by atoms with E-state index >= 15 is 0 Å². The van der Waals surface area contributed by atoms with E-state index in [0.717, 1.165) is 4.90 Å². The highest BCUT2D eigenvalue weighted by molar-refractivity contribution is 5.78. The number of urea groups is 1. The van der Waals surface area contributed by atoms with Gasteiger partial charge in [0.05, 0.1) is 11.8 Å². The average molecular weight is 353 g/mol. The van der Waals surface area contributed by atoms with Crippen LogP contribution in [0, 0.1) is 17.8 Å². The number of carboxylic acid groups (broad SMARTS) is 1. The van der Waals surface area contributed by atoms with Gasteiger partial charge < -0.3 is 20.6 Å². The fraction of sp³-hybridized carbons (Fsp3) is 0.786. The lowest BCUT2D eigenvalue weighted by Crippen LogP contribution is -2.40. The van der Waals surface area contributed by atoms with Crippen LogP contribution in [0.4, 0.5) is 18.0 Å². The largest absolute Gasteiger partial charge is 0.481 e. The summed E-state index contributed by atoms with van der Waals surface area (Å²) in [5.74, 6) is -5.56. The van der Waals surface area contributed by atoms with Gasteiger partial charge in [-0.2, -0.15) is 13.2 Å². The predicted octanol–water partition coefficient (Wildman–Crippen LogP) is 1.05. The Balaban J connectivity index is 2.41. The molecule has 0 unspecified atom stereocenters. The molecule has 0 aliphatic carbocycles. The summed E-state index contributed by atoms with van der Waals surface area (Å²) in [6.45, 7) is 2.83. The van der Waals surface area contributed by atoms with Crippen LogP contribution in [0.2, 0.25) is 0 Å². The molecule has 0 aromatic rings. The summed E-state index contributed by atoms with van der Waals surface area (Å²) in [4.78, 5) is 35.0. The van der Waals surface area contributed by atoms with Crippen molar-refractivity contribution in [2.24, 2.45) is 17.8 Å². The number of nitrogens with zero attached hydrogens (tertiary/aromatic N) is 1. The SMILES string of the molecule is CC(C)C(=O)NCCCNC(=O)N1C[C@@H](C(F)(F)F)[C@H](C(=O)O)C1. The zero-order valence-electron chi connectivity index (χ0n) is 13.5. The lowest BCUT2D eigenvalue weighted by Gasteiger charge is -2.18. The number of alkyl halides is 3. The van der Waals surface area contributed by atoms with Crippen LogP contribution in [0.3, 0.4) is 0 Å². The number of carboxylic acids is 1. The van der Waals surface area contributed by atoms with Crippen LogP contribution in [0.5, 0.6) is 0 Å². The highest BCUT2D eigenvalue weighted by Crippen LogP contribution is 2.37. The number of likely N-dealkylation sites (tertiary alicyclic amines) is 1. The molecule has 1 fully saturated rings. The van der Waals surface area contributed by atoms with E-state index in [-0.39, 0.29) is 18.4 Å². The third kappa shape index (κ3) is 5.57. The van der Waals surface area contributed by atoms with Gasteiger partial charge in [0.25, 0.3) is 0 Å². The van der Waals surface area contributed by atoms with Gasteiger partial charge in [-0.1, -0.05) is 13.8 Å². The molecule has 1 saturated heterocycles. The zero-order chi connectivity index (χ0) is 18.5. The van der Waals surface area contributed by atoms with E-state index in [1.54, 1.807) is 13.8 Å². The molecule has 1 aliphatic heterocycles. The summed E-state index contributed by atoms with van der Waals surface area (Å²) in [7, 11) is 0. The quantitative estimate of drug-likeness (QED) is 0.622. The van der Waals surface area contributed by atoms with Crippen molar-refractivity contribution >= 4 is 17.9 Å². The fourth-order valence-electron chi connectivity index (χ4n) is 2.36. The number of carbonyl (C=O) groups is 3. The van der Waals surface area contributed by atoms with Gasteiger partial charge in [-0.25, -0.2) is 4.79 Å². The van der Waals surface area contributed by atoms with E-state index in [4.69, 9.17) is 5.11 Å². The van der Waals surface area contributed by atoms with Crippen molar-refractivity contribution in [3.05, 3.63) is 0 Å². The van der Waals surface area contributed by atoms with Crippen molar-refractivity contribution in [2.75, 3.05) is 26.2 Å². The lowest BCUT2D eigenvalue weighted by molar-refractivity contribution is -0.187. The van der Waals surface area contributed by atoms with Gasteiger partial charge >= 0.3 is 18.2 Å². The third-order valence-electron chi connectivity index (χ3n) is 3.80. The maximum Gasteiger partial charge on any atom is 0.394 e. The van der Waals surface area contributed by atoms with Crippen LogP contribution in [0.1, 0.15) is 20.3 Å². The maximum absolute atomic E-state index is 12.8. The Hall–Kier alpha value is -2.00. The number of halogens is 3. The van der Waals surface area contributed by atoms with Gasteiger partial charge in [0.15, 0.2) is 0 Å². The minimum atomic E-state index is -4.67. The van der Waals surface area contributed by atoms with Crippen molar-refractivity contribution in [3.63, 3.8) is 0 Å². The van der Waals surface area contributed by atoms with Crippen molar-refractivity contribution in [3.8, 4) is 0 Å². The van der Waals surface area contributed by atoms with Crippen LogP contribution < -0.4 is 10.6 Å². The Kier molecular flexibility index (Phi) is 6.85. The molecule has 0 aromatic carbocycles. The monoisotopic (exact) mass is 353 g/mol. The summed E-state index contributed by atoms with van der Waals surface area (Å²) < 4.78 is 38.5. The summed E-state index contributed by atoms with van der Waals surface area (Å²) in [6, 6.07) is -0.733. The lowest BCUT2D eigenvalue weighted by atomic mass is 9.96. The Bertz CT molecular complexity index is 482. The van der Waals surface area contributed by atoms with Crippen molar-refractivity contribution in [1.29, 1.82) is 0 Å². The number of nitrogens with one attached hydrogen (secondary N) is 2. The standard InChI is InChI=1S/C14H22F3N3O4/c1-8(2)11(21)18-4-3-5-19-13(24)20-6-9(12(22)23)10(7-20)14(15,16)17/h8-10H,3-7H2,1-2H3,(H,18,21)(H,19,24)(H,22,23)/t9-,10-/m1/s1. The molecule has 3 N–H and O–H groups in total. The molecule has 0 aromatic heterocycles. The molecule has 1 aliphatic rings. The molecule has 24 heavy (non-hydrogen) atoms. The molecular weight excluding hydrogens is 331 g/mol. The van der Waals surface area contributed by atoms with Crippen molar-refractivity contribution in [2.45, 2.75) is 26.4 Å². The van der Waals surface area contributed by atoms with Crippen molar-refractivity contribution in [1.82, 2.24) is 15.5 Å². The van der Waals surface area contributed by atoms with Crippen LogP contribution in [-0.4, -0.2) is 60.3 Å². The molecule has 0 bridgehead atoms. The first-order valence-electron chi connectivity index (χ1n) is 7.64. The van der Waals surface area contributed by atoms with Crippen molar-refractivity contribution < 1.29 is 32.7 Å². The number of hydrogen-bond acceptors (Lipinski definition) is 3. The van der Waals surface area contributed by atoms with Gasteiger partial charge in [-0.3, -0.25) is 9.59 Å². The molecular formula is C14H22F3N3O4. The first-order chi connectivity index (χ1) is 11.0. The molecule has 0 spiro atoms. The van der Waals surface area contributed by atoms with E-state index in [0.29, 0.717) is 13.0 Å². The van der Waals surface area contributed by atoms with Gasteiger partial charge in [0.1, 0.15) is 0 Å². The minimum Gasteiger partial charge on any atom is -0.481 e. The summed E-state index contributed by atoms with van der Waals surface area (Å²) in [5, 5.41) is 14.0. The Morgan fingerprint density at radius 2 is 1.75 bits per heavy atom. The zero-order valence-corrected chi connectivity index (χ0v) is 13.5. The van der Waals surface area contributed by atoms with Gasteiger partial charge in [0.2, 0.25) is 5.91 Å². The van der Waals surface area contributed by atoms with E-state index in [2.05, 4.69) is 10.6 Å². The number of hydrogen-bond donors (Lipinski definition) is 3. The number of rotatable bonds is 6. The summed E-state index contributed by atoms with van der Waals surface area (Å²) >= 11 is 0. The van der Waals surface area contributed by atoms with Gasteiger partial charge in [-0.05, 0) is 6.42 Å². The molecule has 0 radical (unpaired) electrons. The molecule has 1 heterocycles. The Morgan fingerprint density at radius 1 is 1.17 bits per heavy atom.